The molecule has 0 atom stereocenters. The van der Waals surface area contributed by atoms with Crippen molar-refractivity contribution in [1.82, 2.24) is 10.6 Å². The van der Waals surface area contributed by atoms with Crippen LogP contribution in [0.25, 0.3) is 0 Å². The van der Waals surface area contributed by atoms with E-state index in [9.17, 15) is 4.79 Å². The Bertz CT molecular complexity index is 420. The van der Waals surface area contributed by atoms with Gasteiger partial charge in [0.15, 0.2) is 0 Å². The van der Waals surface area contributed by atoms with Crippen LogP contribution in [0.5, 0.6) is 11.5 Å². The minimum Gasteiger partial charge on any atom is -0.493 e. The fourth-order valence-electron chi connectivity index (χ4n) is 1.93. The summed E-state index contributed by atoms with van der Waals surface area (Å²) in [5, 5.41) is 5.88. The monoisotopic (exact) mass is 280 g/mol. The van der Waals surface area contributed by atoms with Gasteiger partial charge >= 0.3 is 0 Å². The Morgan fingerprint density at radius 2 is 1.65 bits per heavy atom. The number of carbonyl (C=O) groups is 1. The Morgan fingerprint density at radius 3 is 2.05 bits per heavy atom. The highest BCUT2D eigenvalue weighted by molar-refractivity contribution is 5.95. The van der Waals surface area contributed by atoms with E-state index in [-0.39, 0.29) is 5.91 Å². The van der Waals surface area contributed by atoms with Crippen molar-refractivity contribution in [1.29, 1.82) is 0 Å². The molecule has 1 aromatic carbocycles. The van der Waals surface area contributed by atoms with Crippen LogP contribution in [0.15, 0.2) is 12.1 Å². The number of rotatable bonds is 8. The molecule has 20 heavy (non-hydrogen) atoms. The number of carbonyl (C=O) groups excluding carboxylic acids is 1. The SMILES string of the molecule is CCNC(=O)c1cc(OCC)c(CNC)c(OCC)c1. The molecule has 0 aliphatic carbocycles. The van der Waals surface area contributed by atoms with Crippen LogP contribution in [-0.2, 0) is 6.54 Å². The van der Waals surface area contributed by atoms with Crippen LogP contribution in [-0.4, -0.2) is 32.7 Å². The summed E-state index contributed by atoms with van der Waals surface area (Å²) in [7, 11) is 1.86. The van der Waals surface area contributed by atoms with Gasteiger partial charge < -0.3 is 20.1 Å². The van der Waals surface area contributed by atoms with Crippen LogP contribution < -0.4 is 20.1 Å². The van der Waals surface area contributed by atoms with Gasteiger partial charge in [0, 0.05) is 24.2 Å². The lowest BCUT2D eigenvalue weighted by Gasteiger charge is -2.17. The standard InChI is InChI=1S/C15H24N2O3/c1-5-17-15(18)11-8-13(19-6-2)12(10-16-4)14(9-11)20-7-3/h8-9,16H,5-7,10H2,1-4H3,(H,17,18). The zero-order valence-corrected chi connectivity index (χ0v) is 12.7. The quantitative estimate of drug-likeness (QED) is 0.764. The lowest BCUT2D eigenvalue weighted by atomic mass is 10.1. The molecule has 0 aliphatic heterocycles. The molecule has 0 unspecified atom stereocenters. The molecular formula is C15H24N2O3. The Morgan fingerprint density at radius 1 is 1.10 bits per heavy atom. The minimum absolute atomic E-state index is 0.120. The molecule has 1 aromatic rings. The second-order valence-electron chi connectivity index (χ2n) is 4.21. The summed E-state index contributed by atoms with van der Waals surface area (Å²) in [5.74, 6) is 1.26. The van der Waals surface area contributed by atoms with E-state index in [1.807, 2.05) is 27.8 Å². The van der Waals surface area contributed by atoms with E-state index < -0.39 is 0 Å². The van der Waals surface area contributed by atoms with Gasteiger partial charge in [-0.1, -0.05) is 0 Å². The lowest BCUT2D eigenvalue weighted by Crippen LogP contribution is -2.23. The van der Waals surface area contributed by atoms with Gasteiger partial charge in [-0.2, -0.15) is 0 Å². The van der Waals surface area contributed by atoms with E-state index >= 15 is 0 Å². The van der Waals surface area contributed by atoms with Crippen LogP contribution in [0, 0.1) is 0 Å². The average Bonchev–Trinajstić information content (AvgIpc) is 2.43. The van der Waals surface area contributed by atoms with E-state index in [0.717, 1.165) is 5.56 Å². The normalized spacial score (nSPS) is 10.2. The van der Waals surface area contributed by atoms with Crippen molar-refractivity contribution >= 4 is 5.91 Å². The fraction of sp³-hybridized carbons (Fsp3) is 0.533. The van der Waals surface area contributed by atoms with Crippen LogP contribution in [0.2, 0.25) is 0 Å². The van der Waals surface area contributed by atoms with Crippen molar-refractivity contribution in [3.8, 4) is 11.5 Å². The summed E-state index contributed by atoms with van der Waals surface area (Å²) in [6.07, 6.45) is 0. The summed E-state index contributed by atoms with van der Waals surface area (Å²) in [6, 6.07) is 3.54. The molecule has 0 bridgehead atoms. The molecule has 2 N–H and O–H groups in total. The van der Waals surface area contributed by atoms with Gasteiger partial charge in [0.2, 0.25) is 0 Å². The molecule has 112 valence electrons. The zero-order chi connectivity index (χ0) is 15.0. The molecule has 1 amide bonds. The smallest absolute Gasteiger partial charge is 0.251 e. The van der Waals surface area contributed by atoms with Crippen LogP contribution in [0.3, 0.4) is 0 Å². The van der Waals surface area contributed by atoms with E-state index in [1.165, 1.54) is 0 Å². The molecule has 0 saturated heterocycles. The highest BCUT2D eigenvalue weighted by Crippen LogP contribution is 2.31. The molecule has 0 aromatic heterocycles. The number of hydrogen-bond acceptors (Lipinski definition) is 4. The number of hydrogen-bond donors (Lipinski definition) is 2. The molecule has 5 nitrogen and oxygen atoms in total. The van der Waals surface area contributed by atoms with Crippen molar-refractivity contribution in [2.75, 3.05) is 26.8 Å². The highest BCUT2D eigenvalue weighted by atomic mass is 16.5. The van der Waals surface area contributed by atoms with Crippen LogP contribution in [0.1, 0.15) is 36.7 Å². The molecule has 0 fully saturated rings. The second-order valence-corrected chi connectivity index (χ2v) is 4.21. The Kier molecular flexibility index (Phi) is 6.87. The maximum atomic E-state index is 12.0. The highest BCUT2D eigenvalue weighted by Gasteiger charge is 2.16. The first-order valence-electron chi connectivity index (χ1n) is 7.03. The van der Waals surface area contributed by atoms with Gasteiger partial charge in [0.1, 0.15) is 11.5 Å². The predicted octanol–water partition coefficient (Wildman–Crippen LogP) is 1.95. The molecule has 0 heterocycles. The van der Waals surface area contributed by atoms with Gasteiger partial charge in [0.05, 0.1) is 13.2 Å². The Balaban J connectivity index is 3.25. The third-order valence-electron chi connectivity index (χ3n) is 2.72. The van der Waals surface area contributed by atoms with Gasteiger partial charge in [0.25, 0.3) is 5.91 Å². The van der Waals surface area contributed by atoms with E-state index in [4.69, 9.17) is 9.47 Å². The summed E-state index contributed by atoms with van der Waals surface area (Å²) in [6.45, 7) is 8.03. The third kappa shape index (κ3) is 4.13. The summed E-state index contributed by atoms with van der Waals surface area (Å²) in [4.78, 5) is 12.0. The third-order valence-corrected chi connectivity index (χ3v) is 2.72. The maximum absolute atomic E-state index is 12.0. The van der Waals surface area contributed by atoms with Gasteiger partial charge in [-0.05, 0) is 40.0 Å². The van der Waals surface area contributed by atoms with E-state index in [0.29, 0.717) is 43.4 Å². The summed E-state index contributed by atoms with van der Waals surface area (Å²) in [5.41, 5.74) is 1.49. The molecular weight excluding hydrogens is 256 g/mol. The molecule has 0 spiro atoms. The maximum Gasteiger partial charge on any atom is 0.251 e. The number of nitrogens with one attached hydrogen (secondary N) is 2. The van der Waals surface area contributed by atoms with E-state index in [2.05, 4.69) is 10.6 Å². The van der Waals surface area contributed by atoms with Crippen molar-refractivity contribution in [2.24, 2.45) is 0 Å². The largest absolute Gasteiger partial charge is 0.493 e. The molecule has 0 saturated carbocycles. The first kappa shape index (κ1) is 16.3. The molecule has 1 rings (SSSR count). The van der Waals surface area contributed by atoms with Crippen molar-refractivity contribution in [3.05, 3.63) is 23.3 Å². The Labute approximate surface area is 120 Å². The average molecular weight is 280 g/mol. The van der Waals surface area contributed by atoms with Gasteiger partial charge in [-0.15, -0.1) is 0 Å². The number of benzene rings is 1. The zero-order valence-electron chi connectivity index (χ0n) is 12.7. The summed E-state index contributed by atoms with van der Waals surface area (Å²) < 4.78 is 11.3. The molecule has 0 radical (unpaired) electrons. The number of amides is 1. The topological polar surface area (TPSA) is 59.6 Å². The van der Waals surface area contributed by atoms with Crippen molar-refractivity contribution in [3.63, 3.8) is 0 Å². The fourth-order valence-corrected chi connectivity index (χ4v) is 1.93. The van der Waals surface area contributed by atoms with Crippen LogP contribution in [0.4, 0.5) is 0 Å². The predicted molar refractivity (Wildman–Crippen MR) is 79.6 cm³/mol. The first-order chi connectivity index (χ1) is 9.67. The van der Waals surface area contributed by atoms with Crippen molar-refractivity contribution < 1.29 is 14.3 Å². The van der Waals surface area contributed by atoms with Crippen LogP contribution >= 0.6 is 0 Å². The second kappa shape index (κ2) is 8.43. The first-order valence-corrected chi connectivity index (χ1v) is 7.03. The lowest BCUT2D eigenvalue weighted by molar-refractivity contribution is 0.0955. The molecule has 5 heteroatoms. The Hall–Kier alpha value is -1.75. The minimum atomic E-state index is -0.120. The van der Waals surface area contributed by atoms with E-state index in [1.54, 1.807) is 12.1 Å². The summed E-state index contributed by atoms with van der Waals surface area (Å²) >= 11 is 0. The van der Waals surface area contributed by atoms with Gasteiger partial charge in [-0.25, -0.2) is 0 Å². The van der Waals surface area contributed by atoms with Crippen molar-refractivity contribution in [2.45, 2.75) is 27.3 Å². The number of ether oxygens (including phenoxy) is 2. The molecule has 0 aliphatic rings. The van der Waals surface area contributed by atoms with Gasteiger partial charge in [-0.3, -0.25) is 4.79 Å².